The second-order valence-electron chi connectivity index (χ2n) is 5.46. The molecule has 2 aromatic rings. The summed E-state index contributed by atoms with van der Waals surface area (Å²) in [5.41, 5.74) is 2.29. The number of anilines is 1. The van der Waals surface area contributed by atoms with E-state index in [4.69, 9.17) is 0 Å². The van der Waals surface area contributed by atoms with Crippen LogP contribution in [-0.4, -0.2) is 27.7 Å². The number of pyridine rings is 1. The summed E-state index contributed by atoms with van der Waals surface area (Å²) in [5, 5.41) is 24.6. The highest BCUT2D eigenvalue weighted by atomic mass is 16.6. The van der Waals surface area contributed by atoms with E-state index in [1.165, 1.54) is 12.1 Å². The summed E-state index contributed by atoms with van der Waals surface area (Å²) < 4.78 is 0. The summed E-state index contributed by atoms with van der Waals surface area (Å²) in [6.07, 6.45) is -0.479. The molecule has 1 unspecified atom stereocenters. The van der Waals surface area contributed by atoms with Gasteiger partial charge in [-0.2, -0.15) is 0 Å². The number of hydrogen-bond donors (Lipinski definition) is 2. The van der Waals surface area contributed by atoms with Crippen LogP contribution in [0.2, 0.25) is 0 Å². The number of nitro benzene ring substituents is 1. The lowest BCUT2D eigenvalue weighted by Crippen LogP contribution is -2.24. The Morgan fingerprint density at radius 1 is 1.38 bits per heavy atom. The van der Waals surface area contributed by atoms with E-state index < -0.39 is 11.0 Å². The SMILES string of the molecule is Cc1cc(NCC(O)C(C)C)c2cc([N+](=O)[O-])ccc2n1. The molecule has 21 heavy (non-hydrogen) atoms. The number of fused-ring (bicyclic) bond motifs is 1. The van der Waals surface area contributed by atoms with Crippen LogP contribution < -0.4 is 5.32 Å². The van der Waals surface area contributed by atoms with Crippen LogP contribution in [0.1, 0.15) is 19.5 Å². The number of nitrogens with one attached hydrogen (secondary N) is 1. The summed E-state index contributed by atoms with van der Waals surface area (Å²) in [5.74, 6) is 0.140. The highest BCUT2D eigenvalue weighted by Gasteiger charge is 2.13. The van der Waals surface area contributed by atoms with Crippen molar-refractivity contribution in [3.63, 3.8) is 0 Å². The molecule has 1 heterocycles. The third-order valence-electron chi connectivity index (χ3n) is 3.40. The average Bonchev–Trinajstić information content (AvgIpc) is 2.43. The summed E-state index contributed by atoms with van der Waals surface area (Å²) in [4.78, 5) is 14.9. The lowest BCUT2D eigenvalue weighted by atomic mass is 10.1. The number of aliphatic hydroxyl groups excluding tert-OH is 1. The summed E-state index contributed by atoms with van der Waals surface area (Å²) in [7, 11) is 0. The maximum absolute atomic E-state index is 10.9. The van der Waals surface area contributed by atoms with E-state index in [9.17, 15) is 15.2 Å². The molecule has 0 bridgehead atoms. The third kappa shape index (κ3) is 3.46. The molecule has 112 valence electrons. The zero-order valence-corrected chi connectivity index (χ0v) is 12.3. The van der Waals surface area contributed by atoms with Crippen molar-refractivity contribution in [3.05, 3.63) is 40.1 Å². The van der Waals surface area contributed by atoms with Gasteiger partial charge in [-0.3, -0.25) is 15.1 Å². The number of aryl methyl sites for hydroxylation is 1. The fourth-order valence-corrected chi connectivity index (χ4v) is 2.06. The molecule has 0 amide bonds. The van der Waals surface area contributed by atoms with Crippen LogP contribution in [0.4, 0.5) is 11.4 Å². The summed E-state index contributed by atoms with van der Waals surface area (Å²) >= 11 is 0. The van der Waals surface area contributed by atoms with Crippen molar-refractivity contribution in [1.82, 2.24) is 4.98 Å². The van der Waals surface area contributed by atoms with Gasteiger partial charge in [0.1, 0.15) is 0 Å². The number of benzene rings is 1. The minimum absolute atomic E-state index is 0.0283. The Morgan fingerprint density at radius 3 is 2.71 bits per heavy atom. The van der Waals surface area contributed by atoms with Crippen molar-refractivity contribution >= 4 is 22.3 Å². The Balaban J connectivity index is 2.40. The molecule has 0 aliphatic rings. The molecular formula is C15H19N3O3. The summed E-state index contributed by atoms with van der Waals surface area (Å²) in [6.45, 7) is 6.13. The minimum Gasteiger partial charge on any atom is -0.391 e. The van der Waals surface area contributed by atoms with Crippen molar-refractivity contribution in [2.24, 2.45) is 5.92 Å². The third-order valence-corrected chi connectivity index (χ3v) is 3.40. The Labute approximate surface area is 123 Å². The van der Waals surface area contributed by atoms with Crippen LogP contribution in [0.25, 0.3) is 10.9 Å². The molecule has 0 spiro atoms. The Morgan fingerprint density at radius 2 is 2.10 bits per heavy atom. The van der Waals surface area contributed by atoms with E-state index in [0.717, 1.165) is 11.4 Å². The molecule has 1 aromatic carbocycles. The molecule has 0 saturated heterocycles. The van der Waals surface area contributed by atoms with Gasteiger partial charge in [0, 0.05) is 35.4 Å². The van der Waals surface area contributed by atoms with Crippen molar-refractivity contribution < 1.29 is 10.0 Å². The smallest absolute Gasteiger partial charge is 0.270 e. The van der Waals surface area contributed by atoms with Gasteiger partial charge in [-0.05, 0) is 25.0 Å². The predicted molar refractivity (Wildman–Crippen MR) is 82.5 cm³/mol. The van der Waals surface area contributed by atoms with Crippen LogP contribution in [0.15, 0.2) is 24.3 Å². The van der Waals surface area contributed by atoms with Gasteiger partial charge in [0.05, 0.1) is 16.5 Å². The van der Waals surface area contributed by atoms with Crippen molar-refractivity contribution in [2.45, 2.75) is 26.9 Å². The maximum Gasteiger partial charge on any atom is 0.270 e. The lowest BCUT2D eigenvalue weighted by Gasteiger charge is -2.17. The molecule has 0 aliphatic carbocycles. The largest absolute Gasteiger partial charge is 0.391 e. The first kappa shape index (κ1) is 15.2. The van der Waals surface area contributed by atoms with Crippen molar-refractivity contribution in [2.75, 3.05) is 11.9 Å². The maximum atomic E-state index is 10.9. The molecule has 6 heteroatoms. The first-order valence-corrected chi connectivity index (χ1v) is 6.86. The minimum atomic E-state index is -0.479. The zero-order valence-electron chi connectivity index (χ0n) is 12.3. The lowest BCUT2D eigenvalue weighted by molar-refractivity contribution is -0.384. The Bertz CT molecular complexity index is 671. The second kappa shape index (κ2) is 6.05. The number of nitrogens with zero attached hydrogens (tertiary/aromatic N) is 2. The molecular weight excluding hydrogens is 270 g/mol. The molecule has 2 rings (SSSR count). The van der Waals surface area contributed by atoms with Crippen molar-refractivity contribution in [1.29, 1.82) is 0 Å². The van der Waals surface area contributed by atoms with Gasteiger partial charge in [0.25, 0.3) is 5.69 Å². The molecule has 0 radical (unpaired) electrons. The van der Waals surface area contributed by atoms with Gasteiger partial charge in [-0.1, -0.05) is 13.8 Å². The van der Waals surface area contributed by atoms with Gasteiger partial charge in [-0.15, -0.1) is 0 Å². The van der Waals surface area contributed by atoms with E-state index in [2.05, 4.69) is 10.3 Å². The van der Waals surface area contributed by atoms with E-state index in [1.807, 2.05) is 26.8 Å². The number of nitro groups is 1. The van der Waals surface area contributed by atoms with Gasteiger partial charge in [0.15, 0.2) is 0 Å². The van der Waals surface area contributed by atoms with Gasteiger partial charge in [0.2, 0.25) is 0 Å². The summed E-state index contributed by atoms with van der Waals surface area (Å²) in [6, 6.07) is 6.43. The number of rotatable bonds is 5. The predicted octanol–water partition coefficient (Wildman–Crippen LogP) is 2.88. The Hall–Kier alpha value is -2.21. The molecule has 1 atom stereocenters. The first-order valence-electron chi connectivity index (χ1n) is 6.86. The molecule has 0 fully saturated rings. The topological polar surface area (TPSA) is 88.3 Å². The molecule has 0 saturated carbocycles. The normalized spacial score (nSPS) is 12.6. The van der Waals surface area contributed by atoms with E-state index in [0.29, 0.717) is 17.4 Å². The fourth-order valence-electron chi connectivity index (χ4n) is 2.06. The molecule has 1 aromatic heterocycles. The van der Waals surface area contributed by atoms with Crippen molar-refractivity contribution in [3.8, 4) is 0 Å². The van der Waals surface area contributed by atoms with E-state index in [-0.39, 0.29) is 11.6 Å². The highest BCUT2D eigenvalue weighted by Crippen LogP contribution is 2.27. The molecule has 6 nitrogen and oxygen atoms in total. The van der Waals surface area contributed by atoms with Gasteiger partial charge >= 0.3 is 0 Å². The van der Waals surface area contributed by atoms with Crippen LogP contribution in [0.5, 0.6) is 0 Å². The standard InChI is InChI=1S/C15H19N3O3/c1-9(2)15(19)8-16-14-6-10(3)17-13-5-4-11(18(20)21)7-12(13)14/h4-7,9,15,19H,8H2,1-3H3,(H,16,17). The quantitative estimate of drug-likeness (QED) is 0.652. The molecule has 0 aliphatic heterocycles. The number of non-ortho nitro benzene ring substituents is 1. The Kier molecular flexibility index (Phi) is 4.37. The van der Waals surface area contributed by atoms with Gasteiger partial charge < -0.3 is 10.4 Å². The van der Waals surface area contributed by atoms with Crippen LogP contribution in [0.3, 0.4) is 0 Å². The number of hydrogen-bond acceptors (Lipinski definition) is 5. The average molecular weight is 289 g/mol. The fraction of sp³-hybridized carbons (Fsp3) is 0.400. The van der Waals surface area contributed by atoms with Crippen LogP contribution in [0, 0.1) is 23.0 Å². The second-order valence-corrected chi connectivity index (χ2v) is 5.46. The van der Waals surface area contributed by atoms with Gasteiger partial charge in [-0.25, -0.2) is 0 Å². The highest BCUT2D eigenvalue weighted by molar-refractivity contribution is 5.93. The first-order chi connectivity index (χ1) is 9.88. The number of aromatic nitrogens is 1. The monoisotopic (exact) mass is 289 g/mol. The molecule has 2 N–H and O–H groups in total. The zero-order chi connectivity index (χ0) is 15.6. The van der Waals surface area contributed by atoms with E-state index >= 15 is 0 Å². The van der Waals surface area contributed by atoms with Crippen LogP contribution in [-0.2, 0) is 0 Å². The number of aliphatic hydroxyl groups is 1. The van der Waals surface area contributed by atoms with Crippen LogP contribution >= 0.6 is 0 Å². The van der Waals surface area contributed by atoms with E-state index in [1.54, 1.807) is 6.07 Å².